The second-order valence-corrected chi connectivity index (χ2v) is 5.03. The van der Waals surface area contributed by atoms with Crippen LogP contribution in [0.2, 0.25) is 0 Å². The van der Waals surface area contributed by atoms with Gasteiger partial charge in [0.05, 0.1) is 12.1 Å². The normalized spacial score (nSPS) is 19.3. The molecule has 1 aromatic carbocycles. The number of nitrogens with zero attached hydrogens (tertiary/aromatic N) is 1. The zero-order chi connectivity index (χ0) is 13.2. The van der Waals surface area contributed by atoms with Gasteiger partial charge in [-0.2, -0.15) is 0 Å². The predicted octanol–water partition coefficient (Wildman–Crippen LogP) is 1.08. The largest absolute Gasteiger partial charge is 0.353 e. The average Bonchev–Trinajstić information content (AvgIpc) is 2.36. The zero-order valence-electron chi connectivity index (χ0n) is 10.8. The van der Waals surface area contributed by atoms with Crippen LogP contribution in [-0.4, -0.2) is 41.8 Å². The van der Waals surface area contributed by atoms with E-state index in [0.717, 1.165) is 0 Å². The third-order valence-corrected chi connectivity index (χ3v) is 3.44. The van der Waals surface area contributed by atoms with Crippen LogP contribution in [0.15, 0.2) is 30.3 Å². The highest BCUT2D eigenvalue weighted by atomic mass is 16.2. The smallest absolute Gasteiger partial charge is 0.240 e. The molecule has 96 valence electrons. The Morgan fingerprint density at radius 3 is 2.67 bits per heavy atom. The molecule has 1 amide bonds. The number of ketones is 1. The topological polar surface area (TPSA) is 49.4 Å². The van der Waals surface area contributed by atoms with Gasteiger partial charge < -0.3 is 5.32 Å². The Bertz CT molecular complexity index is 454. The molecule has 2 rings (SSSR count). The van der Waals surface area contributed by atoms with Crippen molar-refractivity contribution in [3.05, 3.63) is 35.9 Å². The molecule has 1 fully saturated rings. The number of carbonyl (C=O) groups excluding carboxylic acids is 2. The van der Waals surface area contributed by atoms with Crippen LogP contribution >= 0.6 is 0 Å². The minimum Gasteiger partial charge on any atom is -0.353 e. The molecule has 0 aliphatic carbocycles. The maximum Gasteiger partial charge on any atom is 0.240 e. The van der Waals surface area contributed by atoms with Crippen LogP contribution < -0.4 is 5.32 Å². The first-order valence-corrected chi connectivity index (χ1v) is 6.13. The van der Waals surface area contributed by atoms with Gasteiger partial charge in [-0.15, -0.1) is 0 Å². The van der Waals surface area contributed by atoms with Gasteiger partial charge in [0.25, 0.3) is 0 Å². The minimum absolute atomic E-state index is 0.0189. The van der Waals surface area contributed by atoms with Gasteiger partial charge in [0, 0.05) is 18.7 Å². The van der Waals surface area contributed by atoms with Crippen molar-refractivity contribution in [3.63, 3.8) is 0 Å². The highest BCUT2D eigenvalue weighted by Gasteiger charge is 2.38. The van der Waals surface area contributed by atoms with Crippen LogP contribution in [0.4, 0.5) is 0 Å². The van der Waals surface area contributed by atoms with Crippen molar-refractivity contribution < 1.29 is 9.59 Å². The van der Waals surface area contributed by atoms with Gasteiger partial charge in [0.1, 0.15) is 0 Å². The number of carbonyl (C=O) groups is 2. The molecular weight excluding hydrogens is 228 g/mol. The van der Waals surface area contributed by atoms with Crippen LogP contribution in [0.25, 0.3) is 0 Å². The van der Waals surface area contributed by atoms with E-state index in [1.807, 2.05) is 36.9 Å². The summed E-state index contributed by atoms with van der Waals surface area (Å²) in [6.07, 6.45) is 0. The van der Waals surface area contributed by atoms with Gasteiger partial charge in [0.2, 0.25) is 5.91 Å². The molecule has 1 aliphatic heterocycles. The van der Waals surface area contributed by atoms with Crippen molar-refractivity contribution in [3.8, 4) is 0 Å². The molecule has 1 N–H and O–H groups in total. The molecule has 0 aromatic heterocycles. The minimum atomic E-state index is -0.622. The van der Waals surface area contributed by atoms with Crippen molar-refractivity contribution >= 4 is 11.7 Å². The predicted molar refractivity (Wildman–Crippen MR) is 69.4 cm³/mol. The molecule has 1 heterocycles. The lowest BCUT2D eigenvalue weighted by Gasteiger charge is -2.40. The first-order chi connectivity index (χ1) is 8.51. The van der Waals surface area contributed by atoms with Crippen molar-refractivity contribution in [2.24, 2.45) is 0 Å². The molecule has 0 saturated carbocycles. The summed E-state index contributed by atoms with van der Waals surface area (Å²) in [6, 6.07) is 9.19. The van der Waals surface area contributed by atoms with E-state index in [1.165, 1.54) is 0 Å². The standard InChI is InChI=1S/C14H18N2O2/c1-14(2)13(18)15-8-9-16(14)10-12(17)11-6-4-3-5-7-11/h3-7H,8-10H2,1-2H3,(H,15,18). The molecule has 0 atom stereocenters. The van der Waals surface area contributed by atoms with Crippen molar-refractivity contribution in [2.75, 3.05) is 19.6 Å². The molecule has 1 aromatic rings. The first kappa shape index (κ1) is 12.8. The van der Waals surface area contributed by atoms with Crippen molar-refractivity contribution in [1.29, 1.82) is 0 Å². The van der Waals surface area contributed by atoms with Crippen LogP contribution in [-0.2, 0) is 4.79 Å². The number of rotatable bonds is 3. The van der Waals surface area contributed by atoms with E-state index >= 15 is 0 Å². The maximum atomic E-state index is 12.1. The quantitative estimate of drug-likeness (QED) is 0.812. The molecule has 0 spiro atoms. The van der Waals surface area contributed by atoms with Gasteiger partial charge in [-0.05, 0) is 13.8 Å². The fourth-order valence-electron chi connectivity index (χ4n) is 2.11. The number of amides is 1. The van der Waals surface area contributed by atoms with E-state index in [2.05, 4.69) is 5.32 Å². The first-order valence-electron chi connectivity index (χ1n) is 6.13. The van der Waals surface area contributed by atoms with Gasteiger partial charge in [-0.1, -0.05) is 30.3 Å². The Labute approximate surface area is 107 Å². The molecule has 1 saturated heterocycles. The third kappa shape index (κ3) is 2.43. The monoisotopic (exact) mass is 246 g/mol. The second-order valence-electron chi connectivity index (χ2n) is 5.03. The Morgan fingerprint density at radius 2 is 2.00 bits per heavy atom. The fraction of sp³-hybridized carbons (Fsp3) is 0.429. The number of hydrogen-bond donors (Lipinski definition) is 1. The summed E-state index contributed by atoms with van der Waals surface area (Å²) in [6.45, 7) is 5.28. The van der Waals surface area contributed by atoms with E-state index < -0.39 is 5.54 Å². The fourth-order valence-corrected chi connectivity index (χ4v) is 2.11. The second kappa shape index (κ2) is 4.90. The van der Waals surface area contributed by atoms with E-state index in [-0.39, 0.29) is 18.2 Å². The third-order valence-electron chi connectivity index (χ3n) is 3.44. The Hall–Kier alpha value is -1.68. The zero-order valence-corrected chi connectivity index (χ0v) is 10.8. The van der Waals surface area contributed by atoms with Crippen LogP contribution in [0.1, 0.15) is 24.2 Å². The van der Waals surface area contributed by atoms with E-state index in [4.69, 9.17) is 0 Å². The van der Waals surface area contributed by atoms with Crippen molar-refractivity contribution in [1.82, 2.24) is 10.2 Å². The SMILES string of the molecule is CC1(C)C(=O)NCCN1CC(=O)c1ccccc1. The number of benzene rings is 1. The Balaban J connectivity index is 2.09. The van der Waals surface area contributed by atoms with Crippen LogP contribution in [0.5, 0.6) is 0 Å². The van der Waals surface area contributed by atoms with E-state index in [9.17, 15) is 9.59 Å². The summed E-state index contributed by atoms with van der Waals surface area (Å²) in [5.41, 5.74) is 0.0714. The van der Waals surface area contributed by atoms with Gasteiger partial charge in [-0.25, -0.2) is 0 Å². The molecule has 0 radical (unpaired) electrons. The van der Waals surface area contributed by atoms with E-state index in [0.29, 0.717) is 18.7 Å². The highest BCUT2D eigenvalue weighted by Crippen LogP contribution is 2.18. The summed E-state index contributed by atoms with van der Waals surface area (Å²) in [7, 11) is 0. The molecule has 1 aliphatic rings. The highest BCUT2D eigenvalue weighted by molar-refractivity contribution is 5.98. The summed E-state index contributed by atoms with van der Waals surface area (Å²) in [5, 5.41) is 2.82. The molecule has 0 unspecified atom stereocenters. The number of nitrogens with one attached hydrogen (secondary N) is 1. The van der Waals surface area contributed by atoms with Crippen LogP contribution in [0, 0.1) is 0 Å². The summed E-state index contributed by atoms with van der Waals surface area (Å²) in [4.78, 5) is 25.8. The molecule has 0 bridgehead atoms. The number of Topliss-reactive ketones (excluding diaryl/α,β-unsaturated/α-hetero) is 1. The lowest BCUT2D eigenvalue weighted by Crippen LogP contribution is -2.62. The lowest BCUT2D eigenvalue weighted by molar-refractivity contribution is -0.134. The van der Waals surface area contributed by atoms with Gasteiger partial charge in [0.15, 0.2) is 5.78 Å². The summed E-state index contributed by atoms with van der Waals surface area (Å²) < 4.78 is 0. The number of hydrogen-bond acceptors (Lipinski definition) is 3. The van der Waals surface area contributed by atoms with Gasteiger partial charge >= 0.3 is 0 Å². The lowest BCUT2D eigenvalue weighted by atomic mass is 9.98. The summed E-state index contributed by atoms with van der Waals surface area (Å²) in [5.74, 6) is 0.0352. The Morgan fingerprint density at radius 1 is 1.33 bits per heavy atom. The van der Waals surface area contributed by atoms with Gasteiger partial charge in [-0.3, -0.25) is 14.5 Å². The van der Waals surface area contributed by atoms with Crippen molar-refractivity contribution in [2.45, 2.75) is 19.4 Å². The van der Waals surface area contributed by atoms with E-state index in [1.54, 1.807) is 12.1 Å². The maximum absolute atomic E-state index is 12.1. The molecule has 4 heteroatoms. The molecule has 4 nitrogen and oxygen atoms in total. The summed E-state index contributed by atoms with van der Waals surface area (Å²) >= 11 is 0. The molecular formula is C14H18N2O2. The average molecular weight is 246 g/mol. The number of piperazine rings is 1. The molecule has 18 heavy (non-hydrogen) atoms. The van der Waals surface area contributed by atoms with Crippen LogP contribution in [0.3, 0.4) is 0 Å². The Kier molecular flexibility index (Phi) is 3.48.